The predicted octanol–water partition coefficient (Wildman–Crippen LogP) is 6.24. The third-order valence-electron chi connectivity index (χ3n) is 7.09. The lowest BCUT2D eigenvalue weighted by Crippen LogP contribution is -2.53. The summed E-state index contributed by atoms with van der Waals surface area (Å²) in [5, 5.41) is 11.3. The number of hydrogen-bond acceptors (Lipinski definition) is 6. The molecule has 0 radical (unpaired) electrons. The molecule has 2 rings (SSSR count). The molecule has 0 saturated carbocycles. The molecule has 0 fully saturated rings. The fourth-order valence-electron chi connectivity index (χ4n) is 4.70. The van der Waals surface area contributed by atoms with Gasteiger partial charge in [-0.15, -0.1) is 0 Å². The number of para-hydroxylation sites is 1. The lowest BCUT2D eigenvalue weighted by atomic mass is 9.99. The molecule has 0 unspecified atom stereocenters. The van der Waals surface area contributed by atoms with E-state index in [2.05, 4.69) is 35.1 Å². The van der Waals surface area contributed by atoms with Crippen molar-refractivity contribution in [3.63, 3.8) is 0 Å². The number of anilines is 1. The van der Waals surface area contributed by atoms with Gasteiger partial charge in [0.15, 0.2) is 0 Å². The third kappa shape index (κ3) is 15.4. The molecule has 0 bridgehead atoms. The summed E-state index contributed by atoms with van der Waals surface area (Å²) in [7, 11) is 0. The highest BCUT2D eigenvalue weighted by atomic mass is 16.6. The highest BCUT2D eigenvalue weighted by Gasteiger charge is 2.28. The van der Waals surface area contributed by atoms with Gasteiger partial charge in [-0.05, 0) is 115 Å². The molecule has 260 valence electrons. The van der Waals surface area contributed by atoms with Gasteiger partial charge in [-0.1, -0.05) is 38.1 Å². The Hall–Kier alpha value is -4.08. The topological polar surface area (TPSA) is 135 Å². The number of nitrogens with one attached hydrogen (secondary N) is 4. The standard InChI is InChI=1S/C37H56N4O6/c1-24(2)20-21-38-32(42)17-13-15-27-14-11-12-16-30(27)40-33(43)26(4)39-34(44)31(41-35(45)47-37(8,9)10)23-28-18-19-29(22-25(28)3)46-36(5,6)7/h11-12,14,16,18-19,22,24,26,31H,13,15,17,20-21,23H2,1-10H3,(H,38,42)(H,39,44)(H,40,43)(H,41,45)/t26-,31+/m1/s1. The molecule has 0 spiro atoms. The van der Waals surface area contributed by atoms with Crippen LogP contribution in [-0.2, 0) is 32.0 Å². The van der Waals surface area contributed by atoms with E-state index in [1.54, 1.807) is 33.8 Å². The Bertz CT molecular complexity index is 1360. The van der Waals surface area contributed by atoms with Crippen LogP contribution in [0.4, 0.5) is 10.5 Å². The molecular weight excluding hydrogens is 596 g/mol. The van der Waals surface area contributed by atoms with Gasteiger partial charge in [-0.2, -0.15) is 0 Å². The van der Waals surface area contributed by atoms with Crippen molar-refractivity contribution >= 4 is 29.5 Å². The van der Waals surface area contributed by atoms with Crippen LogP contribution in [0.3, 0.4) is 0 Å². The molecule has 0 aliphatic rings. The number of benzene rings is 2. The van der Waals surface area contributed by atoms with E-state index in [-0.39, 0.29) is 17.9 Å². The second-order valence-electron chi connectivity index (χ2n) is 14.5. The molecule has 47 heavy (non-hydrogen) atoms. The number of ether oxygens (including phenoxy) is 2. The van der Waals surface area contributed by atoms with Gasteiger partial charge in [0.05, 0.1) is 0 Å². The maximum atomic E-state index is 13.5. The highest BCUT2D eigenvalue weighted by Crippen LogP contribution is 2.23. The van der Waals surface area contributed by atoms with Crippen LogP contribution in [0, 0.1) is 12.8 Å². The Morgan fingerprint density at radius 2 is 1.51 bits per heavy atom. The van der Waals surface area contributed by atoms with E-state index in [4.69, 9.17) is 9.47 Å². The fraction of sp³-hybridized carbons (Fsp3) is 0.568. The Morgan fingerprint density at radius 3 is 2.13 bits per heavy atom. The van der Waals surface area contributed by atoms with Gasteiger partial charge in [0, 0.05) is 25.1 Å². The number of alkyl carbamates (subject to hydrolysis) is 1. The maximum Gasteiger partial charge on any atom is 0.408 e. The molecule has 10 nitrogen and oxygen atoms in total. The third-order valence-corrected chi connectivity index (χ3v) is 7.09. The van der Waals surface area contributed by atoms with Crippen molar-refractivity contribution in [3.05, 3.63) is 59.2 Å². The zero-order chi connectivity index (χ0) is 35.4. The lowest BCUT2D eigenvalue weighted by molar-refractivity contribution is -0.127. The largest absolute Gasteiger partial charge is 0.488 e. The smallest absolute Gasteiger partial charge is 0.408 e. The van der Waals surface area contributed by atoms with E-state index in [1.165, 1.54) is 0 Å². The van der Waals surface area contributed by atoms with Gasteiger partial charge < -0.3 is 30.7 Å². The Balaban J connectivity index is 2.09. The summed E-state index contributed by atoms with van der Waals surface area (Å²) in [5.74, 6) is 0.316. The minimum absolute atomic E-state index is 0.0161. The monoisotopic (exact) mass is 652 g/mol. The molecule has 2 atom stereocenters. The van der Waals surface area contributed by atoms with Crippen molar-refractivity contribution < 1.29 is 28.7 Å². The van der Waals surface area contributed by atoms with Crippen LogP contribution < -0.4 is 26.0 Å². The van der Waals surface area contributed by atoms with E-state index in [0.717, 1.165) is 23.1 Å². The number of amides is 4. The fourth-order valence-corrected chi connectivity index (χ4v) is 4.70. The first-order chi connectivity index (χ1) is 21.8. The normalized spacial score (nSPS) is 12.9. The zero-order valence-corrected chi connectivity index (χ0v) is 30.0. The Labute approximate surface area is 281 Å². The van der Waals surface area contributed by atoms with Crippen LogP contribution in [-0.4, -0.2) is 53.6 Å². The number of carbonyl (C=O) groups excluding carboxylic acids is 4. The van der Waals surface area contributed by atoms with Gasteiger partial charge in [0.2, 0.25) is 17.7 Å². The summed E-state index contributed by atoms with van der Waals surface area (Å²) in [6.07, 6.45) is 2.01. The van der Waals surface area contributed by atoms with Crippen molar-refractivity contribution in [1.29, 1.82) is 0 Å². The second-order valence-corrected chi connectivity index (χ2v) is 14.5. The SMILES string of the molecule is Cc1cc(OC(C)(C)C)ccc1C[C@H](NC(=O)OC(C)(C)C)C(=O)N[C@H](C)C(=O)Nc1ccccc1CCCC(=O)NCCC(C)C. The molecule has 2 aromatic rings. The molecule has 0 aromatic heterocycles. The lowest BCUT2D eigenvalue weighted by Gasteiger charge is -2.25. The van der Waals surface area contributed by atoms with Crippen molar-refractivity contribution in [3.8, 4) is 5.75 Å². The van der Waals surface area contributed by atoms with Crippen LogP contribution in [0.2, 0.25) is 0 Å². The minimum atomic E-state index is -1.01. The van der Waals surface area contributed by atoms with Gasteiger partial charge >= 0.3 is 6.09 Å². The number of aryl methyl sites for hydroxylation is 2. The summed E-state index contributed by atoms with van der Waals surface area (Å²) in [4.78, 5) is 51.7. The summed E-state index contributed by atoms with van der Waals surface area (Å²) in [5.41, 5.74) is 2.12. The predicted molar refractivity (Wildman–Crippen MR) is 187 cm³/mol. The molecule has 0 saturated heterocycles. The number of carbonyl (C=O) groups is 4. The molecular formula is C37H56N4O6. The van der Waals surface area contributed by atoms with Crippen molar-refractivity contribution in [1.82, 2.24) is 16.0 Å². The summed E-state index contributed by atoms with van der Waals surface area (Å²) in [6, 6.07) is 11.1. The first-order valence-electron chi connectivity index (χ1n) is 16.6. The van der Waals surface area contributed by atoms with E-state index in [0.29, 0.717) is 43.2 Å². The molecule has 0 aliphatic carbocycles. The molecule has 0 heterocycles. The molecule has 0 aliphatic heterocycles. The van der Waals surface area contributed by atoms with E-state index >= 15 is 0 Å². The average Bonchev–Trinajstić information content (AvgIpc) is 2.92. The zero-order valence-electron chi connectivity index (χ0n) is 30.0. The minimum Gasteiger partial charge on any atom is -0.488 e. The van der Waals surface area contributed by atoms with Gasteiger partial charge in [0.25, 0.3) is 0 Å². The van der Waals surface area contributed by atoms with Crippen molar-refractivity contribution in [2.75, 3.05) is 11.9 Å². The van der Waals surface area contributed by atoms with Gasteiger partial charge in [-0.3, -0.25) is 14.4 Å². The van der Waals surface area contributed by atoms with Crippen LogP contribution >= 0.6 is 0 Å². The highest BCUT2D eigenvalue weighted by molar-refractivity contribution is 5.98. The summed E-state index contributed by atoms with van der Waals surface area (Å²) in [6.45, 7) is 19.5. The molecule has 10 heteroatoms. The van der Waals surface area contributed by atoms with Crippen LogP contribution in [0.5, 0.6) is 5.75 Å². The quantitative estimate of drug-likeness (QED) is 0.180. The van der Waals surface area contributed by atoms with Crippen LogP contribution in [0.1, 0.15) is 98.3 Å². The first-order valence-corrected chi connectivity index (χ1v) is 16.6. The van der Waals surface area contributed by atoms with Gasteiger partial charge in [0.1, 0.15) is 29.0 Å². The second kappa shape index (κ2) is 17.7. The number of hydrogen-bond donors (Lipinski definition) is 4. The molecule has 4 amide bonds. The summed E-state index contributed by atoms with van der Waals surface area (Å²) < 4.78 is 11.4. The Kier molecular flexibility index (Phi) is 14.8. The van der Waals surface area contributed by atoms with E-state index < -0.39 is 35.6 Å². The molecule has 2 aromatic carbocycles. The van der Waals surface area contributed by atoms with Crippen LogP contribution in [0.15, 0.2) is 42.5 Å². The van der Waals surface area contributed by atoms with Crippen LogP contribution in [0.25, 0.3) is 0 Å². The van der Waals surface area contributed by atoms with Crippen molar-refractivity contribution in [2.45, 2.75) is 125 Å². The number of rotatable bonds is 15. The van der Waals surface area contributed by atoms with Gasteiger partial charge in [-0.25, -0.2) is 4.79 Å². The van der Waals surface area contributed by atoms with E-state index in [9.17, 15) is 19.2 Å². The first kappa shape index (κ1) is 39.1. The molecule has 4 N–H and O–H groups in total. The maximum absolute atomic E-state index is 13.5. The van der Waals surface area contributed by atoms with Crippen molar-refractivity contribution in [2.24, 2.45) is 5.92 Å². The summed E-state index contributed by atoms with van der Waals surface area (Å²) >= 11 is 0. The van der Waals surface area contributed by atoms with E-state index in [1.807, 2.05) is 64.1 Å². The average molecular weight is 653 g/mol. The Morgan fingerprint density at radius 1 is 0.830 bits per heavy atom.